The van der Waals surface area contributed by atoms with Gasteiger partial charge in [0.25, 0.3) is 0 Å². The van der Waals surface area contributed by atoms with Crippen molar-refractivity contribution in [3.63, 3.8) is 0 Å². The molecule has 42 heavy (non-hydrogen) atoms. The zero-order valence-electron chi connectivity index (χ0n) is 28.5. The minimum atomic E-state index is 0. The molecule has 0 saturated carbocycles. The summed E-state index contributed by atoms with van der Waals surface area (Å²) in [6.07, 6.45) is 41.0. The predicted octanol–water partition coefficient (Wildman–Crippen LogP) is 7.47. The van der Waals surface area contributed by atoms with Crippen molar-refractivity contribution in [2.75, 3.05) is 19.6 Å². The molecule has 1 amide bonds. The first-order valence-corrected chi connectivity index (χ1v) is 18.9. The molecule has 250 valence electrons. The zero-order chi connectivity index (χ0) is 29.5. The second-order valence-corrected chi connectivity index (χ2v) is 13.1. The van der Waals surface area contributed by atoms with Crippen molar-refractivity contribution in [2.24, 2.45) is 0 Å². The summed E-state index contributed by atoms with van der Waals surface area (Å²) < 4.78 is 2.52. The Morgan fingerprint density at radius 1 is 0.619 bits per heavy atom. The van der Waals surface area contributed by atoms with Gasteiger partial charge in [-0.25, -0.2) is 0 Å². The largest absolute Gasteiger partial charge is 1.00 e. The third kappa shape index (κ3) is 26.8. The van der Waals surface area contributed by atoms with E-state index in [0.717, 1.165) is 32.5 Å². The Morgan fingerprint density at radius 2 is 1.02 bits per heavy atom. The minimum absolute atomic E-state index is 0. The first kappa shape index (κ1) is 41.2. The quantitative estimate of drug-likeness (QED) is 0.0612. The fourth-order valence-electron chi connectivity index (χ4n) is 6.38. The van der Waals surface area contributed by atoms with E-state index in [1.54, 1.807) is 0 Å². The van der Waals surface area contributed by atoms with Crippen LogP contribution in [0.3, 0.4) is 0 Å². The Hall–Kier alpha value is -0.770. The van der Waals surface area contributed by atoms with Crippen LogP contribution < -0.4 is 23.0 Å². The molecule has 0 saturated heterocycles. The maximum atomic E-state index is 12.3. The van der Waals surface area contributed by atoms with E-state index in [2.05, 4.69) is 35.4 Å². The average molecular weight is 612 g/mol. The molecule has 4 nitrogen and oxygen atoms in total. The van der Waals surface area contributed by atoms with Crippen LogP contribution in [-0.4, -0.2) is 42.5 Å². The highest BCUT2D eigenvalue weighted by atomic mass is 35.5. The van der Waals surface area contributed by atoms with Gasteiger partial charge in [0.05, 0.1) is 6.04 Å². The number of unbranched alkanes of at least 4 members (excludes halogenated alkanes) is 23. The van der Waals surface area contributed by atoms with E-state index in [9.17, 15) is 4.79 Å². The van der Waals surface area contributed by atoms with Crippen molar-refractivity contribution in [3.05, 3.63) is 0 Å². The molecule has 2 N–H and O–H groups in total. The molecule has 0 aromatic carbocycles. The van der Waals surface area contributed by atoms with Crippen LogP contribution in [0.15, 0.2) is 0 Å². The molecule has 5 heteroatoms. The lowest BCUT2D eigenvalue weighted by Crippen LogP contribution is -3.00. The lowest BCUT2D eigenvalue weighted by atomic mass is 10.0. The van der Waals surface area contributed by atoms with Crippen LogP contribution in [-0.2, 0) is 4.79 Å². The highest BCUT2D eigenvalue weighted by Gasteiger charge is 2.20. The monoisotopic (exact) mass is 612 g/mol. The van der Waals surface area contributed by atoms with Gasteiger partial charge in [-0.05, 0) is 32.1 Å². The van der Waals surface area contributed by atoms with Gasteiger partial charge in [-0.3, -0.25) is 14.7 Å². The van der Waals surface area contributed by atoms with E-state index < -0.39 is 0 Å². The minimum Gasteiger partial charge on any atom is -1.00 e. The maximum Gasteiger partial charge on any atom is 0.232 e. The molecule has 0 aromatic heterocycles. The van der Waals surface area contributed by atoms with Crippen molar-refractivity contribution < 1.29 is 21.8 Å². The van der Waals surface area contributed by atoms with Crippen LogP contribution in [0, 0.1) is 0 Å². The third-order valence-electron chi connectivity index (χ3n) is 9.18. The number of carbonyl (C=O) groups is 1. The maximum absolute atomic E-state index is 12.3. The molecule has 0 aromatic rings. The molecule has 0 bridgehead atoms. The lowest BCUT2D eigenvalue weighted by molar-refractivity contribution is -0.555. The van der Waals surface area contributed by atoms with Gasteiger partial charge >= 0.3 is 0 Å². The number of carbonyl (C=O) groups excluding carboxylic acids is 1. The van der Waals surface area contributed by atoms with Gasteiger partial charge in [0.15, 0.2) is 0 Å². The summed E-state index contributed by atoms with van der Waals surface area (Å²) in [4.78, 5) is 12.3. The summed E-state index contributed by atoms with van der Waals surface area (Å²) in [5.74, 6) is 0.264. The fourth-order valence-corrected chi connectivity index (χ4v) is 6.38. The number of nitrogens with one attached hydrogen (secondary N) is 2. The number of hydrogen-bond acceptors (Lipinski definition) is 2. The van der Waals surface area contributed by atoms with Crippen LogP contribution in [0.4, 0.5) is 0 Å². The van der Waals surface area contributed by atoms with E-state index >= 15 is 0 Å². The highest BCUT2D eigenvalue weighted by molar-refractivity contribution is 5.75. The first-order chi connectivity index (χ1) is 20.3. The second kappa shape index (κ2) is 33.1. The Kier molecular flexibility index (Phi) is 32.5. The molecule has 0 fully saturated rings. The number of amides is 1. The van der Waals surface area contributed by atoms with E-state index in [4.69, 9.17) is 0 Å². The number of halogens is 1. The van der Waals surface area contributed by atoms with Crippen molar-refractivity contribution in [2.45, 2.75) is 206 Å². The Balaban J connectivity index is 0.0000168. The van der Waals surface area contributed by atoms with Gasteiger partial charge in [-0.1, -0.05) is 162 Å². The Morgan fingerprint density at radius 3 is 1.45 bits per heavy atom. The second-order valence-electron chi connectivity index (χ2n) is 13.1. The smallest absolute Gasteiger partial charge is 0.232 e. The Bertz CT molecular complexity index is 598. The molecule has 1 rings (SSSR count). The van der Waals surface area contributed by atoms with Gasteiger partial charge in [-0.15, -0.1) is 0 Å². The SMILES string of the molecule is CCCCCCCCCCCCCCCC(=O)NCCCC(CCCCCCCCCCCCCC)[N+]1=CNCC1.[Cl-]. The summed E-state index contributed by atoms with van der Waals surface area (Å²) in [5, 5.41) is 6.60. The van der Waals surface area contributed by atoms with Gasteiger partial charge in [-0.2, -0.15) is 0 Å². The summed E-state index contributed by atoms with van der Waals surface area (Å²) in [6.45, 7) is 7.63. The van der Waals surface area contributed by atoms with E-state index in [1.165, 1.54) is 167 Å². The molecule has 0 spiro atoms. The summed E-state index contributed by atoms with van der Waals surface area (Å²) in [5.41, 5.74) is 0. The van der Waals surface area contributed by atoms with Crippen molar-refractivity contribution in [1.29, 1.82) is 0 Å². The number of nitrogens with zero attached hydrogens (tertiary/aromatic N) is 1. The normalized spacial score (nSPS) is 13.4. The zero-order valence-corrected chi connectivity index (χ0v) is 29.3. The van der Waals surface area contributed by atoms with Gasteiger partial charge in [0.2, 0.25) is 12.2 Å². The van der Waals surface area contributed by atoms with Gasteiger partial charge < -0.3 is 17.7 Å². The third-order valence-corrected chi connectivity index (χ3v) is 9.18. The average Bonchev–Trinajstić information content (AvgIpc) is 3.52. The molecule has 1 atom stereocenters. The summed E-state index contributed by atoms with van der Waals surface area (Å²) in [6, 6.07) is 0.631. The van der Waals surface area contributed by atoms with Crippen LogP contribution >= 0.6 is 0 Å². The van der Waals surface area contributed by atoms with Crippen LogP contribution in [0.5, 0.6) is 0 Å². The fraction of sp³-hybridized carbons (Fsp3) is 0.946. The standard InChI is InChI=1S/C37H73N3O.ClH/c1-3-5-7-9-11-13-15-17-19-21-23-25-27-31-37(41)39-32-28-30-36(40-34-33-38-35-40)29-26-24-22-20-18-16-14-12-10-8-6-4-2;/h35-36H,3-34H2,1-2H3,(H,39,41);1H. The molecule has 1 aliphatic rings. The van der Waals surface area contributed by atoms with Gasteiger partial charge in [0, 0.05) is 13.0 Å². The Labute approximate surface area is 269 Å². The van der Waals surface area contributed by atoms with Crippen LogP contribution in [0.25, 0.3) is 0 Å². The summed E-state index contributed by atoms with van der Waals surface area (Å²) >= 11 is 0. The first-order valence-electron chi connectivity index (χ1n) is 18.9. The molecule has 1 heterocycles. The van der Waals surface area contributed by atoms with Crippen molar-refractivity contribution >= 4 is 12.2 Å². The molecular formula is C37H74ClN3O. The molecule has 1 aliphatic heterocycles. The molecule has 0 radical (unpaired) electrons. The number of rotatable bonds is 32. The van der Waals surface area contributed by atoms with E-state index in [1.807, 2.05) is 0 Å². The topological polar surface area (TPSA) is 44.1 Å². The predicted molar refractivity (Wildman–Crippen MR) is 181 cm³/mol. The van der Waals surface area contributed by atoms with Crippen LogP contribution in [0.2, 0.25) is 0 Å². The van der Waals surface area contributed by atoms with E-state index in [0.29, 0.717) is 12.5 Å². The number of hydrogen-bond donors (Lipinski definition) is 2. The van der Waals surface area contributed by atoms with Gasteiger partial charge in [0.1, 0.15) is 13.1 Å². The van der Waals surface area contributed by atoms with E-state index in [-0.39, 0.29) is 18.3 Å². The summed E-state index contributed by atoms with van der Waals surface area (Å²) in [7, 11) is 0. The molecular weight excluding hydrogens is 538 g/mol. The molecule has 1 unspecified atom stereocenters. The lowest BCUT2D eigenvalue weighted by Gasteiger charge is -2.17. The molecule has 0 aliphatic carbocycles. The van der Waals surface area contributed by atoms with Crippen molar-refractivity contribution in [3.8, 4) is 0 Å². The highest BCUT2D eigenvalue weighted by Crippen LogP contribution is 2.16. The van der Waals surface area contributed by atoms with Crippen LogP contribution in [0.1, 0.15) is 200 Å². The van der Waals surface area contributed by atoms with Crippen molar-refractivity contribution in [1.82, 2.24) is 10.6 Å².